The molecule has 0 aliphatic heterocycles. The molecule has 6 rings (SSSR count). The van der Waals surface area contributed by atoms with Crippen LogP contribution in [0.2, 0.25) is 0 Å². The van der Waals surface area contributed by atoms with E-state index in [9.17, 15) is 0 Å². The average Bonchev–Trinajstić information content (AvgIpc) is 3.44. The van der Waals surface area contributed by atoms with Gasteiger partial charge in [-0.2, -0.15) is 0 Å². The molecule has 3 heterocycles. The largest absolute Gasteiger partial charge is 0.253 e. The first-order valence-electron chi connectivity index (χ1n) is 9.81. The van der Waals surface area contributed by atoms with Gasteiger partial charge in [-0.25, -0.2) is 9.61 Å². The molecular weight excluding hydrogens is 408 g/mol. The molecule has 0 unspecified atom stereocenters. The summed E-state index contributed by atoms with van der Waals surface area (Å²) in [4.78, 5) is 4.96. The first kappa shape index (κ1) is 18.0. The van der Waals surface area contributed by atoms with E-state index in [4.69, 9.17) is 9.61 Å². The van der Waals surface area contributed by atoms with E-state index >= 15 is 0 Å². The van der Waals surface area contributed by atoms with Gasteiger partial charge >= 0.3 is 0 Å². The quantitative estimate of drug-likeness (QED) is 0.365. The number of thioether (sulfide) groups is 1. The molecule has 0 aliphatic rings. The maximum atomic E-state index is 4.96. The lowest BCUT2D eigenvalue weighted by Crippen LogP contribution is -1.99. The maximum absolute atomic E-state index is 4.96. The Morgan fingerprint density at radius 1 is 0.871 bits per heavy atom. The van der Waals surface area contributed by atoms with Crippen LogP contribution in [0.25, 0.3) is 39.0 Å². The van der Waals surface area contributed by atoms with Crippen LogP contribution in [0.4, 0.5) is 0 Å². The average molecular weight is 424 g/mol. The number of nitrogens with zero attached hydrogens (tertiary/aromatic N) is 6. The van der Waals surface area contributed by atoms with Gasteiger partial charge in [0.25, 0.3) is 0 Å². The van der Waals surface area contributed by atoms with Crippen molar-refractivity contribution >= 4 is 39.3 Å². The van der Waals surface area contributed by atoms with Crippen molar-refractivity contribution in [1.29, 1.82) is 0 Å². The zero-order valence-corrected chi connectivity index (χ0v) is 17.4. The first-order chi connectivity index (χ1) is 15.3. The van der Waals surface area contributed by atoms with Crippen molar-refractivity contribution < 1.29 is 4.63 Å². The van der Waals surface area contributed by atoms with Crippen molar-refractivity contribution in [2.75, 3.05) is 0 Å². The molecule has 3 aromatic heterocycles. The van der Waals surface area contributed by atoms with E-state index in [1.54, 1.807) is 11.8 Å². The topological polar surface area (TPSA) is 82.0 Å². The Bertz CT molecular complexity index is 1550. The summed E-state index contributed by atoms with van der Waals surface area (Å²) in [6, 6.07) is 22.3. The van der Waals surface area contributed by atoms with Crippen molar-refractivity contribution in [2.24, 2.45) is 0 Å². The SMILES string of the molecule is Cc1ccc(-c2nc3ccccc3c3nnc(SCc4ccc5nonc5c4)n23)cc1. The molecule has 0 saturated carbocycles. The summed E-state index contributed by atoms with van der Waals surface area (Å²) in [5.74, 6) is 1.54. The van der Waals surface area contributed by atoms with E-state index in [-0.39, 0.29) is 0 Å². The zero-order valence-electron chi connectivity index (χ0n) is 16.6. The monoisotopic (exact) mass is 424 g/mol. The Morgan fingerprint density at radius 2 is 1.71 bits per heavy atom. The number of aromatic nitrogens is 6. The molecule has 8 heteroatoms. The Kier molecular flexibility index (Phi) is 4.17. The summed E-state index contributed by atoms with van der Waals surface area (Å²) < 4.78 is 6.85. The van der Waals surface area contributed by atoms with Crippen LogP contribution in [-0.2, 0) is 5.75 Å². The Morgan fingerprint density at radius 3 is 2.61 bits per heavy atom. The molecule has 0 fully saturated rings. The van der Waals surface area contributed by atoms with E-state index in [2.05, 4.69) is 51.7 Å². The minimum absolute atomic E-state index is 0.712. The highest BCUT2D eigenvalue weighted by atomic mass is 32.2. The number of benzene rings is 3. The predicted molar refractivity (Wildman–Crippen MR) is 120 cm³/mol. The molecule has 0 bridgehead atoms. The normalized spacial score (nSPS) is 11.6. The highest BCUT2D eigenvalue weighted by Crippen LogP contribution is 2.30. The van der Waals surface area contributed by atoms with E-state index in [0.717, 1.165) is 49.7 Å². The molecular formula is C23H16N6OS. The second-order valence-electron chi connectivity index (χ2n) is 7.34. The molecule has 0 amide bonds. The highest BCUT2D eigenvalue weighted by Gasteiger charge is 2.17. The van der Waals surface area contributed by atoms with Gasteiger partial charge in [-0.3, -0.25) is 4.40 Å². The molecule has 0 atom stereocenters. The molecule has 31 heavy (non-hydrogen) atoms. The van der Waals surface area contributed by atoms with Crippen LogP contribution < -0.4 is 0 Å². The van der Waals surface area contributed by atoms with Crippen LogP contribution in [0.1, 0.15) is 11.1 Å². The molecule has 0 radical (unpaired) electrons. The van der Waals surface area contributed by atoms with Gasteiger partial charge in [-0.05, 0) is 47.1 Å². The second kappa shape index (κ2) is 7.17. The van der Waals surface area contributed by atoms with Gasteiger partial charge in [0.1, 0.15) is 16.9 Å². The third-order valence-electron chi connectivity index (χ3n) is 5.21. The number of hydrogen-bond donors (Lipinski definition) is 0. The molecule has 0 aliphatic carbocycles. The lowest BCUT2D eigenvalue weighted by Gasteiger charge is -2.10. The molecule has 0 spiro atoms. The molecule has 3 aromatic carbocycles. The summed E-state index contributed by atoms with van der Waals surface area (Å²) >= 11 is 1.61. The van der Waals surface area contributed by atoms with Crippen LogP contribution >= 0.6 is 11.8 Å². The smallest absolute Gasteiger partial charge is 0.197 e. The van der Waals surface area contributed by atoms with Crippen LogP contribution in [0.15, 0.2) is 76.5 Å². The van der Waals surface area contributed by atoms with Crippen molar-refractivity contribution in [1.82, 2.24) is 29.9 Å². The number of aryl methyl sites for hydroxylation is 1. The van der Waals surface area contributed by atoms with Crippen molar-refractivity contribution in [3.8, 4) is 11.4 Å². The van der Waals surface area contributed by atoms with E-state index < -0.39 is 0 Å². The van der Waals surface area contributed by atoms with Gasteiger partial charge in [0.15, 0.2) is 10.8 Å². The molecule has 0 N–H and O–H groups in total. The highest BCUT2D eigenvalue weighted by molar-refractivity contribution is 7.98. The van der Waals surface area contributed by atoms with E-state index in [0.29, 0.717) is 5.75 Å². The summed E-state index contributed by atoms with van der Waals surface area (Å²) in [6.07, 6.45) is 0. The van der Waals surface area contributed by atoms with Gasteiger partial charge in [0.2, 0.25) is 0 Å². The minimum atomic E-state index is 0.712. The number of hydrogen-bond acceptors (Lipinski definition) is 7. The van der Waals surface area contributed by atoms with Crippen molar-refractivity contribution in [3.05, 3.63) is 77.9 Å². The summed E-state index contributed by atoms with van der Waals surface area (Å²) in [5.41, 5.74) is 6.54. The number of para-hydroxylation sites is 1. The lowest BCUT2D eigenvalue weighted by molar-refractivity contribution is 0.315. The minimum Gasteiger partial charge on any atom is -0.253 e. The van der Waals surface area contributed by atoms with Crippen LogP contribution in [-0.4, -0.2) is 29.9 Å². The van der Waals surface area contributed by atoms with Gasteiger partial charge in [0.05, 0.1) is 5.52 Å². The summed E-state index contributed by atoms with van der Waals surface area (Å²) in [7, 11) is 0. The Hall–Kier alpha value is -3.78. The van der Waals surface area contributed by atoms with Gasteiger partial charge < -0.3 is 0 Å². The van der Waals surface area contributed by atoms with E-state index in [1.807, 2.05) is 46.9 Å². The second-order valence-corrected chi connectivity index (χ2v) is 8.28. The predicted octanol–water partition coefficient (Wildman–Crippen LogP) is 5.08. The lowest BCUT2D eigenvalue weighted by atomic mass is 10.1. The molecule has 7 nitrogen and oxygen atoms in total. The molecule has 150 valence electrons. The molecule has 6 aromatic rings. The summed E-state index contributed by atoms with van der Waals surface area (Å²) in [5, 5.41) is 18.6. The maximum Gasteiger partial charge on any atom is 0.197 e. The molecule has 0 saturated heterocycles. The number of fused-ring (bicyclic) bond motifs is 4. The van der Waals surface area contributed by atoms with Crippen LogP contribution in [0.5, 0.6) is 0 Å². The fraction of sp³-hybridized carbons (Fsp3) is 0.0870. The third-order valence-corrected chi connectivity index (χ3v) is 6.21. The van der Waals surface area contributed by atoms with Crippen molar-refractivity contribution in [3.63, 3.8) is 0 Å². The third kappa shape index (κ3) is 3.12. The van der Waals surface area contributed by atoms with Gasteiger partial charge in [0, 0.05) is 16.7 Å². The van der Waals surface area contributed by atoms with Gasteiger partial charge in [-0.1, -0.05) is 59.8 Å². The first-order valence-corrected chi connectivity index (χ1v) is 10.8. The standard InChI is InChI=1S/C23H16N6OS/c1-14-6-9-16(10-7-14)21-24-18-5-3-2-4-17(18)22-25-26-23(29(21)22)31-13-15-8-11-19-20(12-15)28-30-27-19/h2-12H,13H2,1H3. The van der Waals surface area contributed by atoms with Crippen molar-refractivity contribution in [2.45, 2.75) is 17.8 Å². The van der Waals surface area contributed by atoms with Crippen LogP contribution in [0, 0.1) is 6.92 Å². The zero-order chi connectivity index (χ0) is 20.8. The van der Waals surface area contributed by atoms with Gasteiger partial charge in [-0.15, -0.1) is 10.2 Å². The Balaban J connectivity index is 1.47. The number of rotatable bonds is 4. The summed E-state index contributed by atoms with van der Waals surface area (Å²) in [6.45, 7) is 2.08. The fourth-order valence-corrected chi connectivity index (χ4v) is 4.49. The van der Waals surface area contributed by atoms with Crippen LogP contribution in [0.3, 0.4) is 0 Å². The fourth-order valence-electron chi connectivity index (χ4n) is 3.61. The van der Waals surface area contributed by atoms with E-state index in [1.165, 1.54) is 5.56 Å². The Labute approximate surface area is 181 Å².